The van der Waals surface area contributed by atoms with Gasteiger partial charge in [0.05, 0.1) is 5.69 Å². The fraction of sp³-hybridized carbons (Fsp3) is 0.500. The van der Waals surface area contributed by atoms with Gasteiger partial charge in [-0.25, -0.2) is 0 Å². The molecule has 50 valence electrons. The van der Waals surface area contributed by atoms with Gasteiger partial charge in [0.25, 0.3) is 0 Å². The van der Waals surface area contributed by atoms with Crippen LogP contribution in [-0.4, -0.2) is 5.16 Å². The molecule has 0 amide bonds. The maximum absolute atomic E-state index is 4.79. The van der Waals surface area contributed by atoms with E-state index in [1.54, 1.807) is 0 Å². The van der Waals surface area contributed by atoms with Crippen LogP contribution in [0.3, 0.4) is 0 Å². The van der Waals surface area contributed by atoms with Gasteiger partial charge >= 0.3 is 0 Å². The van der Waals surface area contributed by atoms with Gasteiger partial charge in [0, 0.05) is 6.07 Å². The summed E-state index contributed by atoms with van der Waals surface area (Å²) in [7, 11) is 0. The van der Waals surface area contributed by atoms with Gasteiger partial charge in [-0.15, -0.1) is 0 Å². The standard InChI is InChI=1S/C6H8BrNO/c1-4(2)5-3-6(7)9-8-5/h3-4H,1-2H3. The molecule has 1 aromatic heterocycles. The lowest BCUT2D eigenvalue weighted by Gasteiger charge is -1.92. The van der Waals surface area contributed by atoms with Crippen LogP contribution in [0.2, 0.25) is 0 Å². The summed E-state index contributed by atoms with van der Waals surface area (Å²) in [6.45, 7) is 4.15. The van der Waals surface area contributed by atoms with E-state index in [0.29, 0.717) is 10.6 Å². The predicted molar refractivity (Wildman–Crippen MR) is 38.3 cm³/mol. The Balaban J connectivity index is 2.85. The predicted octanol–water partition coefficient (Wildman–Crippen LogP) is 2.56. The van der Waals surface area contributed by atoms with Gasteiger partial charge in [-0.05, 0) is 21.8 Å². The molecule has 0 aromatic carbocycles. The maximum Gasteiger partial charge on any atom is 0.202 e. The van der Waals surface area contributed by atoms with E-state index in [0.717, 1.165) is 5.69 Å². The van der Waals surface area contributed by atoms with E-state index < -0.39 is 0 Å². The summed E-state index contributed by atoms with van der Waals surface area (Å²) in [5.74, 6) is 0.444. The minimum absolute atomic E-state index is 0.444. The molecule has 0 N–H and O–H groups in total. The zero-order valence-electron chi connectivity index (χ0n) is 5.39. The first-order chi connectivity index (χ1) is 4.20. The van der Waals surface area contributed by atoms with Crippen LogP contribution in [-0.2, 0) is 0 Å². The van der Waals surface area contributed by atoms with Gasteiger partial charge in [-0.3, -0.25) is 0 Å². The Morgan fingerprint density at radius 1 is 1.67 bits per heavy atom. The van der Waals surface area contributed by atoms with Crippen LogP contribution < -0.4 is 0 Å². The lowest BCUT2D eigenvalue weighted by molar-refractivity contribution is 0.390. The lowest BCUT2D eigenvalue weighted by Crippen LogP contribution is -1.83. The highest BCUT2D eigenvalue weighted by molar-refractivity contribution is 9.10. The van der Waals surface area contributed by atoms with Crippen molar-refractivity contribution < 1.29 is 4.52 Å². The van der Waals surface area contributed by atoms with Crippen molar-refractivity contribution in [1.82, 2.24) is 5.16 Å². The van der Waals surface area contributed by atoms with E-state index in [1.165, 1.54) is 0 Å². The fourth-order valence-electron chi connectivity index (χ4n) is 0.537. The Morgan fingerprint density at radius 3 is 2.56 bits per heavy atom. The van der Waals surface area contributed by atoms with Gasteiger partial charge in [0.1, 0.15) is 0 Å². The monoisotopic (exact) mass is 189 g/mol. The van der Waals surface area contributed by atoms with Gasteiger partial charge in [0.15, 0.2) is 0 Å². The number of hydrogen-bond acceptors (Lipinski definition) is 2. The number of halogens is 1. The van der Waals surface area contributed by atoms with Crippen molar-refractivity contribution in [3.8, 4) is 0 Å². The molecule has 2 nitrogen and oxygen atoms in total. The van der Waals surface area contributed by atoms with Gasteiger partial charge in [-0.2, -0.15) is 0 Å². The molecule has 0 aliphatic heterocycles. The van der Waals surface area contributed by atoms with E-state index in [-0.39, 0.29) is 0 Å². The van der Waals surface area contributed by atoms with Crippen molar-refractivity contribution in [2.75, 3.05) is 0 Å². The SMILES string of the molecule is CC(C)c1cc(Br)on1. The molecule has 0 radical (unpaired) electrons. The van der Waals surface area contributed by atoms with E-state index >= 15 is 0 Å². The molecule has 1 rings (SSSR count). The molecule has 1 heterocycles. The topological polar surface area (TPSA) is 26.0 Å². The minimum Gasteiger partial charge on any atom is -0.349 e. The molecule has 0 fully saturated rings. The maximum atomic E-state index is 4.79. The first-order valence-electron chi connectivity index (χ1n) is 2.82. The highest BCUT2D eigenvalue weighted by Crippen LogP contribution is 2.17. The average molecular weight is 190 g/mol. The quantitative estimate of drug-likeness (QED) is 0.680. The Bertz CT molecular complexity index is 195. The van der Waals surface area contributed by atoms with Crippen LogP contribution in [0.15, 0.2) is 15.3 Å². The summed E-state index contributed by atoms with van der Waals surface area (Å²) in [6, 6.07) is 1.88. The molecular weight excluding hydrogens is 182 g/mol. The second kappa shape index (κ2) is 2.52. The molecule has 3 heteroatoms. The molecule has 0 aliphatic carbocycles. The molecule has 0 saturated carbocycles. The minimum atomic E-state index is 0.444. The summed E-state index contributed by atoms with van der Waals surface area (Å²) >= 11 is 3.17. The Hall–Kier alpha value is -0.310. The molecular formula is C6H8BrNO. The molecule has 0 atom stereocenters. The number of nitrogens with zero attached hydrogens (tertiary/aromatic N) is 1. The smallest absolute Gasteiger partial charge is 0.202 e. The lowest BCUT2D eigenvalue weighted by atomic mass is 10.1. The summed E-state index contributed by atoms with van der Waals surface area (Å²) < 4.78 is 5.49. The molecule has 0 aliphatic rings. The highest BCUT2D eigenvalue weighted by atomic mass is 79.9. The van der Waals surface area contributed by atoms with E-state index in [4.69, 9.17) is 4.52 Å². The largest absolute Gasteiger partial charge is 0.349 e. The highest BCUT2D eigenvalue weighted by Gasteiger charge is 2.03. The third-order valence-electron chi connectivity index (χ3n) is 1.09. The Kier molecular flexibility index (Phi) is 1.90. The van der Waals surface area contributed by atoms with Gasteiger partial charge in [0.2, 0.25) is 4.67 Å². The van der Waals surface area contributed by atoms with Crippen molar-refractivity contribution in [2.45, 2.75) is 19.8 Å². The number of rotatable bonds is 1. The van der Waals surface area contributed by atoms with Crippen molar-refractivity contribution in [3.05, 3.63) is 16.4 Å². The normalized spacial score (nSPS) is 10.7. The molecule has 9 heavy (non-hydrogen) atoms. The van der Waals surface area contributed by atoms with E-state index in [2.05, 4.69) is 34.9 Å². The molecule has 0 spiro atoms. The van der Waals surface area contributed by atoms with Crippen LogP contribution in [0.1, 0.15) is 25.5 Å². The molecule has 1 aromatic rings. The summed E-state index contributed by atoms with van der Waals surface area (Å²) in [6.07, 6.45) is 0. The van der Waals surface area contributed by atoms with Gasteiger partial charge in [-0.1, -0.05) is 19.0 Å². The van der Waals surface area contributed by atoms with Crippen LogP contribution >= 0.6 is 15.9 Å². The summed E-state index contributed by atoms with van der Waals surface area (Å²) in [5.41, 5.74) is 0.988. The summed E-state index contributed by atoms with van der Waals surface area (Å²) in [4.78, 5) is 0. The molecule has 0 bridgehead atoms. The number of aromatic nitrogens is 1. The molecule has 0 unspecified atom stereocenters. The third-order valence-corrected chi connectivity index (χ3v) is 1.46. The Labute approximate surface area is 62.4 Å². The van der Waals surface area contributed by atoms with Crippen molar-refractivity contribution in [2.24, 2.45) is 0 Å². The van der Waals surface area contributed by atoms with E-state index in [1.807, 2.05) is 6.07 Å². The van der Waals surface area contributed by atoms with Crippen molar-refractivity contribution in [1.29, 1.82) is 0 Å². The second-order valence-corrected chi connectivity index (χ2v) is 2.99. The van der Waals surface area contributed by atoms with Crippen LogP contribution in [0, 0.1) is 0 Å². The van der Waals surface area contributed by atoms with Crippen LogP contribution in [0.25, 0.3) is 0 Å². The number of hydrogen-bond donors (Lipinski definition) is 0. The first-order valence-corrected chi connectivity index (χ1v) is 3.61. The van der Waals surface area contributed by atoms with Crippen molar-refractivity contribution >= 4 is 15.9 Å². The zero-order chi connectivity index (χ0) is 6.85. The zero-order valence-corrected chi connectivity index (χ0v) is 6.97. The van der Waals surface area contributed by atoms with Crippen LogP contribution in [0.4, 0.5) is 0 Å². The fourth-order valence-corrected chi connectivity index (χ4v) is 0.844. The first kappa shape index (κ1) is 6.81. The van der Waals surface area contributed by atoms with Crippen molar-refractivity contribution in [3.63, 3.8) is 0 Å². The van der Waals surface area contributed by atoms with Crippen LogP contribution in [0.5, 0.6) is 0 Å². The third kappa shape index (κ3) is 1.55. The van der Waals surface area contributed by atoms with E-state index in [9.17, 15) is 0 Å². The molecule has 0 saturated heterocycles. The van der Waals surface area contributed by atoms with Gasteiger partial charge < -0.3 is 4.52 Å². The second-order valence-electron chi connectivity index (χ2n) is 2.21. The Morgan fingerprint density at radius 2 is 2.33 bits per heavy atom. The summed E-state index contributed by atoms with van der Waals surface area (Å²) in [5, 5.41) is 3.79. The average Bonchev–Trinajstić information content (AvgIpc) is 2.14.